The summed E-state index contributed by atoms with van der Waals surface area (Å²) in [7, 11) is 0. The average molecular weight is 519 g/mol. The second-order valence-corrected chi connectivity index (χ2v) is 6.44. The Hall–Kier alpha value is -2.88. The van der Waals surface area contributed by atoms with Gasteiger partial charge in [-0.15, -0.1) is 24.0 Å². The Morgan fingerprint density at radius 2 is 1.90 bits per heavy atom. The lowest BCUT2D eigenvalue weighted by Gasteiger charge is -2.10. The first-order valence-corrected chi connectivity index (χ1v) is 9.52. The third kappa shape index (κ3) is 7.18. The first kappa shape index (κ1) is 23.4. The van der Waals surface area contributed by atoms with E-state index in [1.165, 1.54) is 6.92 Å². The van der Waals surface area contributed by atoms with Crippen LogP contribution in [0.15, 0.2) is 70.3 Å². The highest BCUT2D eigenvalue weighted by Gasteiger charge is 2.07. The molecule has 3 N–H and O–H groups in total. The zero-order valence-electron chi connectivity index (χ0n) is 17.0. The Kier molecular flexibility index (Phi) is 9.33. The summed E-state index contributed by atoms with van der Waals surface area (Å²) in [6.07, 6.45) is 1.65. The van der Waals surface area contributed by atoms with Gasteiger partial charge in [-0.1, -0.05) is 30.3 Å². The standard InChI is InChI=1S/C22H25N5O2.HI/c1-3-23-22(24-13-17-8-7-11-19(12-17)26-16(2)28)25-14-20-15-29-21(27-20)18-9-5-4-6-10-18;/h4-12,15H,3,13-14H2,1-2H3,(H,26,28)(H2,23,24,25);1H. The number of nitrogens with zero attached hydrogens (tertiary/aromatic N) is 2. The van der Waals surface area contributed by atoms with Crippen LogP contribution in [0.25, 0.3) is 11.5 Å². The number of aliphatic imine (C=N–C) groups is 1. The van der Waals surface area contributed by atoms with Crippen molar-refractivity contribution in [2.75, 3.05) is 11.9 Å². The van der Waals surface area contributed by atoms with Gasteiger partial charge >= 0.3 is 0 Å². The molecule has 7 nitrogen and oxygen atoms in total. The minimum Gasteiger partial charge on any atom is -0.444 e. The van der Waals surface area contributed by atoms with Crippen LogP contribution in [0.2, 0.25) is 0 Å². The molecule has 8 heteroatoms. The van der Waals surface area contributed by atoms with Crippen LogP contribution in [-0.4, -0.2) is 23.4 Å². The second kappa shape index (κ2) is 12.0. The summed E-state index contributed by atoms with van der Waals surface area (Å²) in [4.78, 5) is 20.3. The van der Waals surface area contributed by atoms with E-state index in [0.717, 1.165) is 29.1 Å². The third-order valence-electron chi connectivity index (χ3n) is 4.02. The number of carbonyl (C=O) groups excluding carboxylic acids is 1. The first-order chi connectivity index (χ1) is 14.1. The van der Waals surface area contributed by atoms with E-state index in [0.29, 0.717) is 24.9 Å². The highest BCUT2D eigenvalue weighted by Crippen LogP contribution is 2.17. The highest BCUT2D eigenvalue weighted by molar-refractivity contribution is 14.0. The van der Waals surface area contributed by atoms with Crippen LogP contribution in [-0.2, 0) is 17.9 Å². The summed E-state index contributed by atoms with van der Waals surface area (Å²) in [5.74, 6) is 1.18. The molecule has 0 radical (unpaired) electrons. The summed E-state index contributed by atoms with van der Waals surface area (Å²) in [6, 6.07) is 17.4. The predicted octanol–water partition coefficient (Wildman–Crippen LogP) is 4.17. The van der Waals surface area contributed by atoms with Crippen molar-refractivity contribution < 1.29 is 9.21 Å². The zero-order chi connectivity index (χ0) is 20.5. The number of hydrogen-bond acceptors (Lipinski definition) is 4. The zero-order valence-corrected chi connectivity index (χ0v) is 19.3. The molecule has 0 bridgehead atoms. The van der Waals surface area contributed by atoms with E-state index in [9.17, 15) is 4.79 Å². The van der Waals surface area contributed by atoms with Gasteiger partial charge in [-0.3, -0.25) is 4.79 Å². The number of carbonyl (C=O) groups is 1. The van der Waals surface area contributed by atoms with Crippen LogP contribution in [0.4, 0.5) is 5.69 Å². The van der Waals surface area contributed by atoms with Gasteiger partial charge in [0.15, 0.2) is 5.96 Å². The number of nitrogens with one attached hydrogen (secondary N) is 3. The largest absolute Gasteiger partial charge is 0.444 e. The number of aromatic nitrogens is 1. The molecule has 1 heterocycles. The van der Waals surface area contributed by atoms with Crippen LogP contribution in [0, 0.1) is 0 Å². The first-order valence-electron chi connectivity index (χ1n) is 9.52. The van der Waals surface area contributed by atoms with Gasteiger partial charge in [0.2, 0.25) is 11.8 Å². The average Bonchev–Trinajstić information content (AvgIpc) is 3.20. The van der Waals surface area contributed by atoms with Gasteiger partial charge < -0.3 is 20.4 Å². The fraction of sp³-hybridized carbons (Fsp3) is 0.227. The van der Waals surface area contributed by atoms with E-state index in [1.54, 1.807) is 6.26 Å². The summed E-state index contributed by atoms with van der Waals surface area (Å²) in [5.41, 5.74) is 3.50. The maximum absolute atomic E-state index is 11.2. The molecule has 1 amide bonds. The fourth-order valence-corrected chi connectivity index (χ4v) is 2.74. The van der Waals surface area contributed by atoms with Crippen molar-refractivity contribution in [2.45, 2.75) is 26.9 Å². The Morgan fingerprint density at radius 3 is 2.63 bits per heavy atom. The summed E-state index contributed by atoms with van der Waals surface area (Å²) >= 11 is 0. The number of anilines is 1. The molecule has 158 valence electrons. The number of benzene rings is 2. The third-order valence-corrected chi connectivity index (χ3v) is 4.02. The van der Waals surface area contributed by atoms with Crippen molar-refractivity contribution in [3.63, 3.8) is 0 Å². The fourth-order valence-electron chi connectivity index (χ4n) is 2.74. The second-order valence-electron chi connectivity index (χ2n) is 6.44. The molecule has 0 atom stereocenters. The molecule has 0 aliphatic rings. The van der Waals surface area contributed by atoms with Crippen LogP contribution in [0.1, 0.15) is 25.1 Å². The number of oxazole rings is 1. The molecule has 0 saturated heterocycles. The summed E-state index contributed by atoms with van der Waals surface area (Å²) in [5, 5.41) is 9.27. The van der Waals surface area contributed by atoms with Gasteiger partial charge in [0.05, 0.1) is 18.8 Å². The molecule has 1 aromatic heterocycles. The molecule has 0 spiro atoms. The lowest BCUT2D eigenvalue weighted by Crippen LogP contribution is -2.36. The predicted molar refractivity (Wildman–Crippen MR) is 130 cm³/mol. The van der Waals surface area contributed by atoms with E-state index in [1.807, 2.05) is 61.5 Å². The molecule has 3 rings (SSSR count). The van der Waals surface area contributed by atoms with Crippen molar-refractivity contribution >= 4 is 41.5 Å². The van der Waals surface area contributed by atoms with Crippen molar-refractivity contribution in [1.82, 2.24) is 15.6 Å². The Balaban J connectivity index is 0.00000320. The highest BCUT2D eigenvalue weighted by atomic mass is 127. The quantitative estimate of drug-likeness (QED) is 0.248. The molecule has 30 heavy (non-hydrogen) atoms. The number of guanidine groups is 1. The number of hydrogen-bond donors (Lipinski definition) is 3. The molecule has 0 aliphatic carbocycles. The van der Waals surface area contributed by atoms with Gasteiger partial charge in [-0.25, -0.2) is 9.98 Å². The Bertz CT molecular complexity index is 972. The van der Waals surface area contributed by atoms with Crippen LogP contribution in [0.3, 0.4) is 0 Å². The normalized spacial score (nSPS) is 10.8. The van der Waals surface area contributed by atoms with Crippen molar-refractivity contribution in [2.24, 2.45) is 4.99 Å². The Morgan fingerprint density at radius 1 is 1.10 bits per heavy atom. The molecule has 3 aromatic rings. The van der Waals surface area contributed by atoms with E-state index in [-0.39, 0.29) is 29.9 Å². The van der Waals surface area contributed by atoms with Gasteiger partial charge in [0.1, 0.15) is 6.26 Å². The monoisotopic (exact) mass is 519 g/mol. The summed E-state index contributed by atoms with van der Waals surface area (Å²) < 4.78 is 5.57. The molecular weight excluding hydrogens is 493 g/mol. The lowest BCUT2D eigenvalue weighted by molar-refractivity contribution is -0.114. The van der Waals surface area contributed by atoms with Gasteiger partial charge in [-0.2, -0.15) is 0 Å². The number of rotatable bonds is 7. The molecule has 0 saturated carbocycles. The maximum Gasteiger partial charge on any atom is 0.226 e. The number of amides is 1. The minimum atomic E-state index is -0.0943. The van der Waals surface area contributed by atoms with E-state index in [2.05, 4.69) is 25.9 Å². The van der Waals surface area contributed by atoms with Crippen molar-refractivity contribution in [3.8, 4) is 11.5 Å². The van der Waals surface area contributed by atoms with Gasteiger partial charge in [0.25, 0.3) is 0 Å². The molecule has 0 aliphatic heterocycles. The smallest absolute Gasteiger partial charge is 0.226 e. The maximum atomic E-state index is 11.2. The van der Waals surface area contributed by atoms with E-state index >= 15 is 0 Å². The summed E-state index contributed by atoms with van der Waals surface area (Å²) in [6.45, 7) is 5.22. The molecular formula is C22H26IN5O2. The molecule has 0 fully saturated rings. The lowest BCUT2D eigenvalue weighted by atomic mass is 10.2. The van der Waals surface area contributed by atoms with Gasteiger partial charge in [-0.05, 0) is 36.8 Å². The Labute approximate surface area is 193 Å². The van der Waals surface area contributed by atoms with Gasteiger partial charge in [0, 0.05) is 24.7 Å². The topological polar surface area (TPSA) is 91.5 Å². The SMILES string of the molecule is CCNC(=NCc1cccc(NC(C)=O)c1)NCc1coc(-c2ccccc2)n1.I. The van der Waals surface area contributed by atoms with Crippen LogP contribution < -0.4 is 16.0 Å². The number of halogens is 1. The van der Waals surface area contributed by atoms with Crippen molar-refractivity contribution in [3.05, 3.63) is 72.1 Å². The minimum absolute atomic E-state index is 0. The molecule has 2 aromatic carbocycles. The van der Waals surface area contributed by atoms with Crippen LogP contribution in [0.5, 0.6) is 0 Å². The van der Waals surface area contributed by atoms with Crippen molar-refractivity contribution in [1.29, 1.82) is 0 Å². The van der Waals surface area contributed by atoms with Crippen LogP contribution >= 0.6 is 24.0 Å². The van der Waals surface area contributed by atoms with E-state index < -0.39 is 0 Å². The van der Waals surface area contributed by atoms with E-state index in [4.69, 9.17) is 4.42 Å². The molecule has 0 unspecified atom stereocenters.